The van der Waals surface area contributed by atoms with Crippen molar-refractivity contribution in [3.05, 3.63) is 50.7 Å². The van der Waals surface area contributed by atoms with E-state index in [4.69, 9.17) is 4.74 Å². The summed E-state index contributed by atoms with van der Waals surface area (Å²) in [4.78, 5) is 36.3. The van der Waals surface area contributed by atoms with E-state index in [0.717, 1.165) is 38.3 Å². The first kappa shape index (κ1) is 22.1. The van der Waals surface area contributed by atoms with Crippen LogP contribution in [0.1, 0.15) is 12.5 Å². The van der Waals surface area contributed by atoms with Crippen LogP contribution >= 0.6 is 0 Å². The van der Waals surface area contributed by atoms with E-state index in [1.165, 1.54) is 4.57 Å². The molecule has 1 aromatic carbocycles. The molecule has 1 aliphatic heterocycles. The SMILES string of the molecule is CCN1CCN(c2nc3c(c(=O)[nH]c(=O)n3C)n2C[C@@H](O)COc2ccccc2C)CC1. The molecule has 0 spiro atoms. The van der Waals surface area contributed by atoms with E-state index >= 15 is 0 Å². The number of nitrogens with one attached hydrogen (secondary N) is 1. The number of benzene rings is 1. The van der Waals surface area contributed by atoms with Crippen molar-refractivity contribution in [3.63, 3.8) is 0 Å². The molecule has 4 rings (SSSR count). The number of imidazole rings is 1. The smallest absolute Gasteiger partial charge is 0.329 e. The molecule has 3 aromatic rings. The largest absolute Gasteiger partial charge is 0.491 e. The molecule has 32 heavy (non-hydrogen) atoms. The number of ether oxygens (including phenoxy) is 1. The summed E-state index contributed by atoms with van der Waals surface area (Å²) in [7, 11) is 1.58. The summed E-state index contributed by atoms with van der Waals surface area (Å²) >= 11 is 0. The standard InChI is InChI=1S/C22H30N6O4/c1-4-26-9-11-27(12-10-26)21-23-19-18(20(30)24-22(31)25(19)3)28(21)13-16(29)14-32-17-8-6-5-7-15(17)2/h5-8,16,29H,4,9-14H2,1-3H3,(H,24,30,31)/t16-/m1/s1. The highest BCUT2D eigenvalue weighted by atomic mass is 16.5. The molecule has 3 heterocycles. The maximum absolute atomic E-state index is 12.7. The van der Waals surface area contributed by atoms with E-state index in [0.29, 0.717) is 17.3 Å². The molecule has 0 aliphatic carbocycles. The van der Waals surface area contributed by atoms with Gasteiger partial charge < -0.3 is 24.2 Å². The van der Waals surface area contributed by atoms with Crippen LogP contribution in [-0.4, -0.2) is 74.5 Å². The van der Waals surface area contributed by atoms with Crippen molar-refractivity contribution in [2.75, 3.05) is 44.2 Å². The highest BCUT2D eigenvalue weighted by molar-refractivity contribution is 5.74. The molecule has 1 atom stereocenters. The van der Waals surface area contributed by atoms with Gasteiger partial charge in [-0.15, -0.1) is 0 Å². The number of aromatic amines is 1. The number of anilines is 1. The molecule has 2 aromatic heterocycles. The third-order valence-corrected chi connectivity index (χ3v) is 6.01. The molecule has 0 radical (unpaired) electrons. The first-order valence-corrected chi connectivity index (χ1v) is 10.9. The van der Waals surface area contributed by atoms with Gasteiger partial charge in [0.1, 0.15) is 18.5 Å². The van der Waals surface area contributed by atoms with Crippen LogP contribution in [0.5, 0.6) is 5.75 Å². The molecule has 1 fully saturated rings. The maximum Gasteiger partial charge on any atom is 0.329 e. The van der Waals surface area contributed by atoms with Crippen molar-refractivity contribution < 1.29 is 9.84 Å². The summed E-state index contributed by atoms with van der Waals surface area (Å²) in [5.41, 5.74) is 0.529. The summed E-state index contributed by atoms with van der Waals surface area (Å²) < 4.78 is 8.84. The van der Waals surface area contributed by atoms with Gasteiger partial charge in [-0.3, -0.25) is 14.3 Å². The van der Waals surface area contributed by atoms with Crippen molar-refractivity contribution in [3.8, 4) is 5.75 Å². The van der Waals surface area contributed by atoms with Crippen LogP contribution in [0.3, 0.4) is 0 Å². The Morgan fingerprint density at radius 2 is 1.91 bits per heavy atom. The quantitative estimate of drug-likeness (QED) is 0.542. The molecule has 2 N–H and O–H groups in total. The summed E-state index contributed by atoms with van der Waals surface area (Å²) in [6.45, 7) is 8.50. The van der Waals surface area contributed by atoms with Gasteiger partial charge in [0.15, 0.2) is 11.2 Å². The zero-order valence-corrected chi connectivity index (χ0v) is 18.7. The zero-order chi connectivity index (χ0) is 22.8. The molecule has 10 nitrogen and oxygen atoms in total. The van der Waals surface area contributed by atoms with Gasteiger partial charge in [0.05, 0.1) is 6.54 Å². The van der Waals surface area contributed by atoms with E-state index in [-0.39, 0.29) is 18.7 Å². The normalized spacial score (nSPS) is 15.9. The van der Waals surface area contributed by atoms with Gasteiger partial charge >= 0.3 is 5.69 Å². The Kier molecular flexibility index (Phi) is 6.33. The van der Waals surface area contributed by atoms with Crippen LogP contribution in [0.25, 0.3) is 11.2 Å². The van der Waals surface area contributed by atoms with Crippen LogP contribution in [0, 0.1) is 6.92 Å². The molecule has 1 aliphatic rings. The third-order valence-electron chi connectivity index (χ3n) is 6.01. The Morgan fingerprint density at radius 1 is 1.19 bits per heavy atom. The Morgan fingerprint density at radius 3 is 2.59 bits per heavy atom. The van der Waals surface area contributed by atoms with E-state index in [1.54, 1.807) is 11.6 Å². The average Bonchev–Trinajstić information content (AvgIpc) is 3.17. The molecule has 0 unspecified atom stereocenters. The van der Waals surface area contributed by atoms with Gasteiger partial charge in [0, 0.05) is 33.2 Å². The summed E-state index contributed by atoms with van der Waals surface area (Å²) in [6, 6.07) is 7.61. The number of piperazine rings is 1. The number of para-hydroxylation sites is 1. The van der Waals surface area contributed by atoms with Crippen molar-refractivity contribution in [1.82, 2.24) is 24.0 Å². The number of nitrogens with zero attached hydrogens (tertiary/aromatic N) is 5. The number of hydrogen-bond acceptors (Lipinski definition) is 7. The number of rotatable bonds is 7. The number of aryl methyl sites for hydroxylation is 2. The molecule has 0 amide bonds. The van der Waals surface area contributed by atoms with Crippen LogP contribution in [0.15, 0.2) is 33.9 Å². The second-order valence-corrected chi connectivity index (χ2v) is 8.16. The monoisotopic (exact) mass is 442 g/mol. The van der Waals surface area contributed by atoms with Gasteiger partial charge in [0.25, 0.3) is 5.56 Å². The van der Waals surface area contributed by atoms with E-state index in [2.05, 4.69) is 26.7 Å². The molecule has 1 saturated heterocycles. The molecule has 172 valence electrons. The highest BCUT2D eigenvalue weighted by Crippen LogP contribution is 2.22. The van der Waals surface area contributed by atoms with E-state index in [9.17, 15) is 14.7 Å². The summed E-state index contributed by atoms with van der Waals surface area (Å²) in [5.74, 6) is 1.29. The van der Waals surface area contributed by atoms with Crippen LogP contribution in [0.2, 0.25) is 0 Å². The van der Waals surface area contributed by atoms with Crippen molar-refractivity contribution >= 4 is 17.1 Å². The molecule has 0 bridgehead atoms. The Labute approximate surface area is 185 Å². The lowest BCUT2D eigenvalue weighted by Gasteiger charge is -2.35. The van der Waals surface area contributed by atoms with E-state index < -0.39 is 17.4 Å². The second-order valence-electron chi connectivity index (χ2n) is 8.16. The molecule has 10 heteroatoms. The average molecular weight is 443 g/mol. The van der Waals surface area contributed by atoms with Crippen LogP contribution in [0.4, 0.5) is 5.95 Å². The number of aliphatic hydroxyl groups is 1. The summed E-state index contributed by atoms with van der Waals surface area (Å²) in [5, 5.41) is 10.8. The first-order chi connectivity index (χ1) is 15.4. The van der Waals surface area contributed by atoms with Gasteiger partial charge in [-0.25, -0.2) is 4.79 Å². The van der Waals surface area contributed by atoms with Crippen LogP contribution in [-0.2, 0) is 13.6 Å². The zero-order valence-electron chi connectivity index (χ0n) is 18.7. The number of hydrogen-bond donors (Lipinski definition) is 2. The van der Waals surface area contributed by atoms with Gasteiger partial charge in [0.2, 0.25) is 5.95 Å². The minimum Gasteiger partial charge on any atom is -0.491 e. The van der Waals surface area contributed by atoms with Crippen molar-refractivity contribution in [2.45, 2.75) is 26.5 Å². The number of H-pyrrole nitrogens is 1. The predicted molar refractivity (Wildman–Crippen MR) is 123 cm³/mol. The van der Waals surface area contributed by atoms with Crippen molar-refractivity contribution in [2.24, 2.45) is 7.05 Å². The second kappa shape index (κ2) is 9.17. The highest BCUT2D eigenvalue weighted by Gasteiger charge is 2.25. The van der Waals surface area contributed by atoms with Gasteiger partial charge in [-0.05, 0) is 25.1 Å². The maximum atomic E-state index is 12.7. The lowest BCUT2D eigenvalue weighted by Crippen LogP contribution is -2.47. The summed E-state index contributed by atoms with van der Waals surface area (Å²) in [6.07, 6.45) is -0.876. The Bertz CT molecular complexity index is 1210. The molecular formula is C22H30N6O4. The minimum absolute atomic E-state index is 0.0667. The van der Waals surface area contributed by atoms with E-state index in [1.807, 2.05) is 31.2 Å². The topological polar surface area (TPSA) is 109 Å². The third kappa shape index (κ3) is 4.28. The fourth-order valence-electron chi connectivity index (χ4n) is 4.07. The Balaban J connectivity index is 1.65. The van der Waals surface area contributed by atoms with Crippen LogP contribution < -0.4 is 20.9 Å². The van der Waals surface area contributed by atoms with Gasteiger partial charge in [-0.1, -0.05) is 25.1 Å². The molecular weight excluding hydrogens is 412 g/mol. The first-order valence-electron chi connectivity index (χ1n) is 10.9. The fraction of sp³-hybridized carbons (Fsp3) is 0.500. The lowest BCUT2D eigenvalue weighted by molar-refractivity contribution is 0.0932. The fourth-order valence-corrected chi connectivity index (χ4v) is 4.07. The lowest BCUT2D eigenvalue weighted by atomic mass is 10.2. The predicted octanol–water partition coefficient (Wildman–Crippen LogP) is 0.314. The van der Waals surface area contributed by atoms with Crippen molar-refractivity contribution in [1.29, 1.82) is 0 Å². The Hall–Kier alpha value is -3.11. The number of likely N-dealkylation sites (N-methyl/N-ethyl adjacent to an activating group) is 1. The number of fused-ring (bicyclic) bond motifs is 1. The number of aliphatic hydroxyl groups excluding tert-OH is 1. The molecule has 0 saturated carbocycles. The van der Waals surface area contributed by atoms with Gasteiger partial charge in [-0.2, -0.15) is 4.98 Å². The number of aromatic nitrogens is 4. The minimum atomic E-state index is -0.876.